The molecule has 4 aromatic heterocycles. The van der Waals surface area contributed by atoms with Gasteiger partial charge in [-0.1, -0.05) is 19.3 Å². The number of pyridine rings is 1. The van der Waals surface area contributed by atoms with Crippen molar-refractivity contribution in [2.45, 2.75) is 90.1 Å². The Bertz CT molecular complexity index is 2640. The van der Waals surface area contributed by atoms with Crippen molar-refractivity contribution in [3.63, 3.8) is 0 Å². The minimum atomic E-state index is -0.627. The zero-order valence-electron chi connectivity index (χ0n) is 43.2. The fraction of sp³-hybridized carbons (Fsp3) is 0.585. The lowest BCUT2D eigenvalue weighted by atomic mass is 9.83. The molecule has 3 fully saturated rings. The molecule has 0 bridgehead atoms. The van der Waals surface area contributed by atoms with E-state index in [0.29, 0.717) is 93.9 Å². The number of ether oxygens (including phenoxy) is 5. The molecule has 3 aliphatic rings. The Morgan fingerprint density at radius 2 is 1.58 bits per heavy atom. The molecule has 6 heterocycles. The number of benzene rings is 1. The number of nitrogens with one attached hydrogen (secondary N) is 2. The van der Waals surface area contributed by atoms with Gasteiger partial charge in [-0.2, -0.15) is 0 Å². The monoisotopic (exact) mass is 1050 g/mol. The first-order chi connectivity index (χ1) is 36.0. The van der Waals surface area contributed by atoms with Crippen LogP contribution in [-0.4, -0.2) is 182 Å². The maximum atomic E-state index is 14.6. The molecule has 5 aromatic rings. The molecule has 1 aromatic carbocycles. The number of nitrogens with zero attached hydrogens (tertiary/aromatic N) is 7. The van der Waals surface area contributed by atoms with Gasteiger partial charge >= 0.3 is 0 Å². The number of fused-ring (bicyclic) bond motifs is 2. The third kappa shape index (κ3) is 14.2. The molecule has 0 radical (unpaired) electrons. The number of carbonyl (C=O) groups excluding carboxylic acids is 4. The molecule has 2 saturated heterocycles. The highest BCUT2D eigenvalue weighted by Gasteiger charge is 2.37. The lowest BCUT2D eigenvalue weighted by Gasteiger charge is -2.39. The van der Waals surface area contributed by atoms with Crippen molar-refractivity contribution in [1.82, 2.24) is 44.9 Å². The van der Waals surface area contributed by atoms with Crippen molar-refractivity contribution in [2.75, 3.05) is 106 Å². The van der Waals surface area contributed by atoms with Crippen LogP contribution < -0.4 is 20.1 Å². The van der Waals surface area contributed by atoms with E-state index in [4.69, 9.17) is 28.2 Å². The van der Waals surface area contributed by atoms with Crippen LogP contribution in [0.1, 0.15) is 73.7 Å². The Balaban J connectivity index is 0.701. The summed E-state index contributed by atoms with van der Waals surface area (Å²) in [6.45, 7) is 9.64. The number of piperazine rings is 1. The Morgan fingerprint density at radius 3 is 2.31 bits per heavy atom. The summed E-state index contributed by atoms with van der Waals surface area (Å²) in [5.41, 5.74) is 2.43. The Kier molecular flexibility index (Phi) is 19.7. The van der Waals surface area contributed by atoms with Crippen LogP contribution in [0.2, 0.25) is 0 Å². The second kappa shape index (κ2) is 26.7. The first-order valence-corrected chi connectivity index (χ1v) is 27.0. The number of piperidine rings is 1. The average molecular weight is 1050 g/mol. The number of halogens is 1. The van der Waals surface area contributed by atoms with Gasteiger partial charge in [-0.3, -0.25) is 29.1 Å². The predicted molar refractivity (Wildman–Crippen MR) is 277 cm³/mol. The van der Waals surface area contributed by atoms with Gasteiger partial charge in [-0.15, -0.1) is 11.3 Å². The van der Waals surface area contributed by atoms with Crippen molar-refractivity contribution in [3.05, 3.63) is 70.8 Å². The smallest absolute Gasteiger partial charge is 0.270 e. The quantitative estimate of drug-likeness (QED) is 0.0718. The van der Waals surface area contributed by atoms with Crippen molar-refractivity contribution in [3.8, 4) is 11.6 Å². The third-order valence-electron chi connectivity index (χ3n) is 14.4. The van der Waals surface area contributed by atoms with Crippen LogP contribution in [0.25, 0.3) is 21.1 Å². The summed E-state index contributed by atoms with van der Waals surface area (Å²) in [6.07, 6.45) is 8.71. The van der Waals surface area contributed by atoms with Gasteiger partial charge in [0.2, 0.25) is 17.7 Å². The molecule has 2 aliphatic heterocycles. The van der Waals surface area contributed by atoms with Crippen LogP contribution in [0.4, 0.5) is 4.39 Å². The highest BCUT2D eigenvalue weighted by molar-refractivity contribution is 7.17. The maximum Gasteiger partial charge on any atom is 0.270 e. The van der Waals surface area contributed by atoms with E-state index in [-0.39, 0.29) is 61.9 Å². The molecule has 4 amide bonds. The molecule has 19 nitrogen and oxygen atoms in total. The molecule has 21 heteroatoms. The molecule has 2 N–H and O–H groups in total. The number of thiophene rings is 1. The first-order valence-electron chi connectivity index (χ1n) is 26.1. The highest BCUT2D eigenvalue weighted by Crippen LogP contribution is 2.33. The number of aryl methyl sites for hydroxylation is 1. The van der Waals surface area contributed by atoms with Crippen LogP contribution in [0.15, 0.2) is 52.5 Å². The molecular weight excluding hydrogens is 974 g/mol. The van der Waals surface area contributed by atoms with Crippen LogP contribution in [0.5, 0.6) is 11.6 Å². The standard InChI is InChI=1S/C53H72FN9O10S/c1-36-42-32-39(54)10-11-44(42)63(49(36)53(67)62-21-19-61(20-22-62)52(66)48(38-8-6-5-7-9-38)57-51(65)37(2)55-3)35-47(64)59(4)23-24-68-25-26-69-27-28-70-29-30-71-46-33-41(73-58-46)34-60-17-13-40(14-18-60)72-45-12-16-56-43-15-31-74-50(43)45/h10-12,15-16,31-33,37-38,40,48,55H,5-9,13-14,17-30,34-35H2,1-4H3,(H,57,65)/t37-,48?/m0/s1. The molecule has 2 atom stereocenters. The van der Waals surface area contributed by atoms with Crippen LogP contribution in [0.3, 0.4) is 0 Å². The molecule has 1 saturated carbocycles. The number of rotatable bonds is 25. The maximum absolute atomic E-state index is 14.6. The summed E-state index contributed by atoms with van der Waals surface area (Å²) >= 11 is 1.65. The van der Waals surface area contributed by atoms with Crippen LogP contribution in [0, 0.1) is 18.7 Å². The molecular formula is C53H72FN9O10S. The second-order valence-electron chi connectivity index (χ2n) is 19.4. The van der Waals surface area contributed by atoms with Crippen molar-refractivity contribution < 1.29 is 51.8 Å². The summed E-state index contributed by atoms with van der Waals surface area (Å²) in [5.74, 6) is 0.802. The van der Waals surface area contributed by atoms with Crippen molar-refractivity contribution >= 4 is 56.1 Å². The Labute approximate surface area is 435 Å². The van der Waals surface area contributed by atoms with E-state index in [2.05, 4.69) is 25.7 Å². The van der Waals surface area contributed by atoms with Gasteiger partial charge in [0.15, 0.2) is 5.76 Å². The molecule has 0 spiro atoms. The zero-order chi connectivity index (χ0) is 52.0. The number of amides is 4. The largest absolute Gasteiger partial charge is 0.489 e. The van der Waals surface area contributed by atoms with E-state index < -0.39 is 17.9 Å². The summed E-state index contributed by atoms with van der Waals surface area (Å²) < 4.78 is 52.0. The van der Waals surface area contributed by atoms with E-state index in [1.807, 2.05) is 23.6 Å². The van der Waals surface area contributed by atoms with E-state index in [0.717, 1.165) is 79.8 Å². The number of likely N-dealkylation sites (N-methyl/N-ethyl adjacent to an activating group) is 2. The SMILES string of the molecule is CN[C@@H](C)C(=O)NC(C(=O)N1CCN(C(=O)c2c(C)c3cc(F)ccc3n2CC(=O)N(C)CCOCCOCCOCCOc2cc(CN3CCC(Oc4ccnc5ccsc45)CC3)on2)CC1)C1CCCCC1. The van der Waals surface area contributed by atoms with Gasteiger partial charge in [-0.25, -0.2) is 4.39 Å². The lowest BCUT2D eigenvalue weighted by molar-refractivity contribution is -0.140. The molecule has 402 valence electrons. The average Bonchev–Trinajstić information content (AvgIpc) is 4.16. The fourth-order valence-corrected chi connectivity index (χ4v) is 10.8. The van der Waals surface area contributed by atoms with E-state index in [1.54, 1.807) is 70.8 Å². The summed E-state index contributed by atoms with van der Waals surface area (Å²) in [5, 5.41) is 12.6. The molecule has 8 rings (SSSR count). The number of hydrogen-bond donors (Lipinski definition) is 2. The predicted octanol–water partition coefficient (Wildman–Crippen LogP) is 5.27. The minimum Gasteiger partial charge on any atom is -0.489 e. The van der Waals surface area contributed by atoms with E-state index in [9.17, 15) is 23.6 Å². The van der Waals surface area contributed by atoms with Gasteiger partial charge < -0.3 is 58.1 Å². The third-order valence-corrected chi connectivity index (χ3v) is 15.4. The summed E-state index contributed by atoms with van der Waals surface area (Å²) in [4.78, 5) is 66.7. The van der Waals surface area contributed by atoms with Crippen LogP contribution >= 0.6 is 11.3 Å². The summed E-state index contributed by atoms with van der Waals surface area (Å²) in [7, 11) is 3.39. The normalized spacial score (nSPS) is 16.9. The first kappa shape index (κ1) is 54.5. The number of aromatic nitrogens is 3. The van der Waals surface area contributed by atoms with Crippen molar-refractivity contribution in [2.24, 2.45) is 5.92 Å². The highest BCUT2D eigenvalue weighted by atomic mass is 32.1. The van der Waals surface area contributed by atoms with Gasteiger partial charge in [0.05, 0.1) is 62.4 Å². The Morgan fingerprint density at radius 1 is 0.878 bits per heavy atom. The van der Waals surface area contributed by atoms with Gasteiger partial charge in [0, 0.05) is 76.0 Å². The lowest BCUT2D eigenvalue weighted by Crippen LogP contribution is -2.59. The topological polar surface area (TPSA) is 195 Å². The van der Waals surface area contributed by atoms with Gasteiger partial charge in [0.25, 0.3) is 11.8 Å². The number of hydrogen-bond acceptors (Lipinski definition) is 15. The molecule has 74 heavy (non-hydrogen) atoms. The van der Waals surface area contributed by atoms with Crippen LogP contribution in [-0.2, 0) is 41.7 Å². The minimum absolute atomic E-state index is 0.0567. The van der Waals surface area contributed by atoms with Crippen molar-refractivity contribution in [1.29, 1.82) is 0 Å². The summed E-state index contributed by atoms with van der Waals surface area (Å²) in [6, 6.07) is 9.01. The fourth-order valence-electron chi connectivity index (χ4n) is 9.96. The molecule has 1 unspecified atom stereocenters. The number of carbonyl (C=O) groups is 4. The Hall–Kier alpha value is -5.71. The zero-order valence-corrected chi connectivity index (χ0v) is 44.0. The number of likely N-dealkylation sites (tertiary alicyclic amines) is 1. The second-order valence-corrected chi connectivity index (χ2v) is 20.3. The van der Waals surface area contributed by atoms with E-state index in [1.165, 1.54) is 12.1 Å². The molecule has 1 aliphatic carbocycles. The van der Waals surface area contributed by atoms with Gasteiger partial charge in [-0.05, 0) is 98.9 Å². The van der Waals surface area contributed by atoms with E-state index >= 15 is 0 Å². The van der Waals surface area contributed by atoms with Gasteiger partial charge in [0.1, 0.15) is 42.6 Å².